The van der Waals surface area contributed by atoms with Gasteiger partial charge in [0.15, 0.2) is 9.84 Å². The highest BCUT2D eigenvalue weighted by molar-refractivity contribution is 7.93. The zero-order valence-corrected chi connectivity index (χ0v) is 16.0. The van der Waals surface area contributed by atoms with Gasteiger partial charge in [0, 0.05) is 12.5 Å². The van der Waals surface area contributed by atoms with Crippen molar-refractivity contribution in [3.63, 3.8) is 0 Å². The molecule has 4 nitrogen and oxygen atoms in total. The third kappa shape index (κ3) is 2.66. The fourth-order valence-corrected chi connectivity index (χ4v) is 9.31. The maximum absolute atomic E-state index is 13.2. The average Bonchev–Trinajstić information content (AvgIpc) is 3.22. The van der Waals surface area contributed by atoms with Gasteiger partial charge < -0.3 is 9.47 Å². The van der Waals surface area contributed by atoms with Gasteiger partial charge in [-0.15, -0.1) is 0 Å². The molecule has 138 valence electrons. The molecule has 5 heteroatoms. The van der Waals surface area contributed by atoms with Crippen LogP contribution in [-0.4, -0.2) is 44.3 Å². The van der Waals surface area contributed by atoms with Crippen molar-refractivity contribution < 1.29 is 17.9 Å². The maximum atomic E-state index is 13.2. The molecule has 0 aromatic heterocycles. The quantitative estimate of drug-likeness (QED) is 0.777. The molecule has 0 amide bonds. The van der Waals surface area contributed by atoms with Crippen molar-refractivity contribution in [1.82, 2.24) is 0 Å². The summed E-state index contributed by atoms with van der Waals surface area (Å²) in [5.74, 6) is 1.98. The van der Waals surface area contributed by atoms with Gasteiger partial charge in [-0.25, -0.2) is 8.42 Å². The molecule has 0 N–H and O–H groups in total. The molecular weight excluding hydrogens is 324 g/mol. The van der Waals surface area contributed by atoms with Crippen molar-refractivity contribution in [3.8, 4) is 0 Å². The lowest BCUT2D eigenvalue weighted by Gasteiger charge is -2.27. The standard InChI is InChI=1S/C19H32O4S/c1-11(2)15-5-4-13-9-14(24(20,21)19(13)15)8-12(3)16-10-23-17-6-7-22-18(16)17/h11-19H,4-10H2,1-3H3. The third-order valence-corrected chi connectivity index (χ3v) is 10.2. The van der Waals surface area contributed by atoms with Gasteiger partial charge in [0.2, 0.25) is 0 Å². The van der Waals surface area contributed by atoms with Crippen LogP contribution in [-0.2, 0) is 19.3 Å². The first-order valence-corrected chi connectivity index (χ1v) is 11.5. The highest BCUT2D eigenvalue weighted by Gasteiger charge is 2.55. The number of ether oxygens (including phenoxy) is 2. The predicted molar refractivity (Wildman–Crippen MR) is 93.5 cm³/mol. The lowest BCUT2D eigenvalue weighted by atomic mass is 9.84. The minimum absolute atomic E-state index is 0.0648. The summed E-state index contributed by atoms with van der Waals surface area (Å²) in [4.78, 5) is 0. The van der Waals surface area contributed by atoms with Crippen molar-refractivity contribution in [3.05, 3.63) is 0 Å². The van der Waals surface area contributed by atoms with Gasteiger partial charge >= 0.3 is 0 Å². The Balaban J connectivity index is 1.46. The van der Waals surface area contributed by atoms with Crippen molar-refractivity contribution in [1.29, 1.82) is 0 Å². The van der Waals surface area contributed by atoms with Gasteiger partial charge in [0.1, 0.15) is 0 Å². The predicted octanol–water partition coefficient (Wildman–Crippen LogP) is 3.05. The Morgan fingerprint density at radius 3 is 2.58 bits per heavy atom. The molecule has 4 fully saturated rings. The monoisotopic (exact) mass is 356 g/mol. The first-order valence-electron chi connectivity index (χ1n) is 9.85. The van der Waals surface area contributed by atoms with Crippen LogP contribution in [0.1, 0.15) is 52.9 Å². The molecule has 1 saturated carbocycles. The molecule has 4 rings (SSSR count). The van der Waals surface area contributed by atoms with E-state index in [9.17, 15) is 8.42 Å². The Labute approximate surface area is 146 Å². The van der Waals surface area contributed by atoms with Crippen LogP contribution in [0.25, 0.3) is 0 Å². The third-order valence-electron chi connectivity index (χ3n) is 7.39. The topological polar surface area (TPSA) is 52.6 Å². The number of rotatable bonds is 4. The number of sulfone groups is 1. The Kier molecular flexibility index (Phi) is 4.50. The van der Waals surface area contributed by atoms with Crippen LogP contribution in [0.5, 0.6) is 0 Å². The number of hydrogen-bond donors (Lipinski definition) is 0. The Morgan fingerprint density at radius 1 is 1.04 bits per heavy atom. The second-order valence-electron chi connectivity index (χ2n) is 9.03. The summed E-state index contributed by atoms with van der Waals surface area (Å²) < 4.78 is 38.2. The van der Waals surface area contributed by atoms with Crippen LogP contribution in [0.15, 0.2) is 0 Å². The smallest absolute Gasteiger partial charge is 0.156 e. The molecule has 0 bridgehead atoms. The molecule has 3 aliphatic heterocycles. The molecule has 0 aromatic rings. The van der Waals surface area contributed by atoms with E-state index >= 15 is 0 Å². The summed E-state index contributed by atoms with van der Waals surface area (Å²) in [5, 5.41) is -0.200. The van der Waals surface area contributed by atoms with E-state index in [-0.39, 0.29) is 22.7 Å². The Hall–Kier alpha value is -0.130. The molecule has 4 aliphatic rings. The highest BCUT2D eigenvalue weighted by atomic mass is 32.2. The number of fused-ring (bicyclic) bond motifs is 2. The first kappa shape index (κ1) is 17.3. The minimum Gasteiger partial charge on any atom is -0.375 e. The second-order valence-corrected chi connectivity index (χ2v) is 11.4. The Morgan fingerprint density at radius 2 is 1.83 bits per heavy atom. The Bertz CT molecular complexity index is 572. The van der Waals surface area contributed by atoms with Crippen molar-refractivity contribution in [2.75, 3.05) is 13.2 Å². The van der Waals surface area contributed by atoms with Gasteiger partial charge in [0.25, 0.3) is 0 Å². The van der Waals surface area contributed by atoms with E-state index in [1.807, 2.05) is 0 Å². The summed E-state index contributed by atoms with van der Waals surface area (Å²) in [5.41, 5.74) is 0. The average molecular weight is 357 g/mol. The van der Waals surface area contributed by atoms with E-state index in [4.69, 9.17) is 9.47 Å². The molecule has 3 heterocycles. The summed E-state index contributed by atoms with van der Waals surface area (Å²) in [7, 11) is -2.99. The zero-order valence-electron chi connectivity index (χ0n) is 15.2. The van der Waals surface area contributed by atoms with Crippen LogP contribution >= 0.6 is 0 Å². The van der Waals surface area contributed by atoms with Gasteiger partial charge in [-0.3, -0.25) is 0 Å². The normalized spacial score (nSPS) is 47.9. The van der Waals surface area contributed by atoms with Crippen LogP contribution in [0.2, 0.25) is 0 Å². The zero-order chi connectivity index (χ0) is 17.1. The summed E-state index contributed by atoms with van der Waals surface area (Å²) in [6.45, 7) is 8.12. The SMILES string of the molecule is CC(C)C1CCC2CC(CC(C)C3COC4CCOC43)S(=O)(=O)C21. The number of hydrogen-bond acceptors (Lipinski definition) is 4. The van der Waals surface area contributed by atoms with E-state index in [0.29, 0.717) is 29.6 Å². The molecule has 0 radical (unpaired) electrons. The summed E-state index contributed by atoms with van der Waals surface area (Å²) >= 11 is 0. The molecule has 8 atom stereocenters. The van der Waals surface area contributed by atoms with E-state index in [1.54, 1.807) is 0 Å². The van der Waals surface area contributed by atoms with Crippen molar-refractivity contribution in [2.24, 2.45) is 29.6 Å². The lowest BCUT2D eigenvalue weighted by Crippen LogP contribution is -2.34. The van der Waals surface area contributed by atoms with Crippen molar-refractivity contribution >= 4 is 9.84 Å². The molecular formula is C19H32O4S. The largest absolute Gasteiger partial charge is 0.375 e. The van der Waals surface area contributed by atoms with Crippen LogP contribution in [0.3, 0.4) is 0 Å². The molecule has 8 unspecified atom stereocenters. The van der Waals surface area contributed by atoms with E-state index < -0.39 is 9.84 Å². The molecule has 3 saturated heterocycles. The second kappa shape index (κ2) is 6.24. The van der Waals surface area contributed by atoms with Crippen LogP contribution in [0.4, 0.5) is 0 Å². The summed E-state index contributed by atoms with van der Waals surface area (Å²) in [6, 6.07) is 0. The van der Waals surface area contributed by atoms with E-state index in [0.717, 1.165) is 45.3 Å². The van der Waals surface area contributed by atoms with Crippen molar-refractivity contribution in [2.45, 2.75) is 75.6 Å². The molecule has 24 heavy (non-hydrogen) atoms. The van der Waals surface area contributed by atoms with Gasteiger partial charge in [-0.05, 0) is 55.8 Å². The maximum Gasteiger partial charge on any atom is 0.156 e. The van der Waals surface area contributed by atoms with Gasteiger partial charge in [-0.2, -0.15) is 0 Å². The van der Waals surface area contributed by atoms with Crippen LogP contribution in [0, 0.1) is 29.6 Å². The summed E-state index contributed by atoms with van der Waals surface area (Å²) in [6.07, 6.45) is 5.34. The lowest BCUT2D eigenvalue weighted by molar-refractivity contribution is 0.0518. The molecule has 1 aliphatic carbocycles. The van der Waals surface area contributed by atoms with Gasteiger partial charge in [0.05, 0.1) is 29.3 Å². The molecule has 0 spiro atoms. The van der Waals surface area contributed by atoms with E-state index in [1.165, 1.54) is 0 Å². The first-order chi connectivity index (χ1) is 11.4. The molecule has 0 aromatic carbocycles. The van der Waals surface area contributed by atoms with Crippen LogP contribution < -0.4 is 0 Å². The van der Waals surface area contributed by atoms with Gasteiger partial charge in [-0.1, -0.05) is 20.8 Å². The fraction of sp³-hybridized carbons (Fsp3) is 1.00. The highest BCUT2D eigenvalue weighted by Crippen LogP contribution is 2.51. The van der Waals surface area contributed by atoms with E-state index in [2.05, 4.69) is 20.8 Å². The fourth-order valence-electron chi connectivity index (χ4n) is 6.06. The minimum atomic E-state index is -2.99.